The third-order valence-corrected chi connectivity index (χ3v) is 4.03. The zero-order valence-electron chi connectivity index (χ0n) is 9.06. The van der Waals surface area contributed by atoms with Crippen LogP contribution in [0.1, 0.15) is 25.7 Å². The van der Waals surface area contributed by atoms with Gasteiger partial charge < -0.3 is 0 Å². The zero-order valence-corrected chi connectivity index (χ0v) is 10.7. The molecule has 0 aliphatic heterocycles. The third kappa shape index (κ3) is 1.75. The van der Waals surface area contributed by atoms with Gasteiger partial charge in [0, 0.05) is 11.0 Å². The Kier molecular flexibility index (Phi) is 2.67. The molecular weight excluding hydrogens is 266 g/mol. The molecule has 3 rings (SSSR count). The topological polar surface area (TPSA) is 30.7 Å². The molecule has 1 heterocycles. The Balaban J connectivity index is 1.97. The van der Waals surface area contributed by atoms with Crippen molar-refractivity contribution < 1.29 is 0 Å². The summed E-state index contributed by atoms with van der Waals surface area (Å²) in [5.41, 5.74) is 2.11. The fourth-order valence-electron chi connectivity index (χ4n) is 2.55. The number of rotatable bonds is 2. The second kappa shape index (κ2) is 4.17. The number of hydrogen-bond acceptors (Lipinski definition) is 2. The predicted octanol–water partition coefficient (Wildman–Crippen LogP) is 3.38. The van der Waals surface area contributed by atoms with Crippen LogP contribution < -0.4 is 0 Å². The molecular formula is C12H14BrN3. The van der Waals surface area contributed by atoms with Gasteiger partial charge in [-0.3, -0.25) is 0 Å². The Morgan fingerprint density at radius 3 is 2.94 bits per heavy atom. The summed E-state index contributed by atoms with van der Waals surface area (Å²) in [6, 6.07) is 6.07. The molecule has 4 heteroatoms. The first kappa shape index (κ1) is 10.3. The molecule has 0 bridgehead atoms. The van der Waals surface area contributed by atoms with Crippen molar-refractivity contribution in [3.8, 4) is 0 Å². The molecule has 0 N–H and O–H groups in total. The second-order valence-corrected chi connectivity index (χ2v) is 5.38. The van der Waals surface area contributed by atoms with Crippen LogP contribution in [0.4, 0.5) is 0 Å². The standard InChI is InChI=1S/C12H14BrN3/c13-10-6-3-7-11-12(10)16(15-14-11)8-9-4-1-2-5-9/h3,6-7,9H,1-2,4-5,8H2. The molecule has 2 aromatic rings. The van der Waals surface area contributed by atoms with E-state index in [4.69, 9.17) is 0 Å². The van der Waals surface area contributed by atoms with Gasteiger partial charge in [0.1, 0.15) is 11.0 Å². The average molecular weight is 280 g/mol. The average Bonchev–Trinajstić information content (AvgIpc) is 2.90. The first-order valence-electron chi connectivity index (χ1n) is 5.82. The van der Waals surface area contributed by atoms with E-state index in [0.29, 0.717) is 0 Å². The molecule has 0 unspecified atom stereocenters. The largest absolute Gasteiger partial charge is 0.243 e. The molecule has 0 spiro atoms. The smallest absolute Gasteiger partial charge is 0.114 e. The van der Waals surface area contributed by atoms with E-state index in [1.807, 2.05) is 12.1 Å². The van der Waals surface area contributed by atoms with Crippen LogP contribution >= 0.6 is 15.9 Å². The van der Waals surface area contributed by atoms with E-state index in [2.05, 4.69) is 37.0 Å². The first-order chi connectivity index (χ1) is 7.84. The molecule has 84 valence electrons. The zero-order chi connectivity index (χ0) is 11.0. The molecule has 0 atom stereocenters. The highest BCUT2D eigenvalue weighted by Gasteiger charge is 2.17. The summed E-state index contributed by atoms with van der Waals surface area (Å²) in [4.78, 5) is 0. The maximum absolute atomic E-state index is 4.26. The van der Waals surface area contributed by atoms with Crippen LogP contribution in [0.25, 0.3) is 11.0 Å². The van der Waals surface area contributed by atoms with Gasteiger partial charge >= 0.3 is 0 Å². The van der Waals surface area contributed by atoms with E-state index in [1.54, 1.807) is 0 Å². The molecule has 1 aromatic heterocycles. The summed E-state index contributed by atoms with van der Waals surface area (Å²) >= 11 is 3.58. The summed E-state index contributed by atoms with van der Waals surface area (Å²) < 4.78 is 3.14. The molecule has 1 aliphatic carbocycles. The molecule has 16 heavy (non-hydrogen) atoms. The highest BCUT2D eigenvalue weighted by Crippen LogP contribution is 2.28. The van der Waals surface area contributed by atoms with Crippen molar-refractivity contribution in [1.82, 2.24) is 15.0 Å². The van der Waals surface area contributed by atoms with Crippen LogP contribution in [0.5, 0.6) is 0 Å². The lowest BCUT2D eigenvalue weighted by atomic mass is 10.1. The Labute approximate surface area is 103 Å². The Bertz CT molecular complexity index is 500. The van der Waals surface area contributed by atoms with Crippen molar-refractivity contribution in [3.63, 3.8) is 0 Å². The number of para-hydroxylation sites is 1. The van der Waals surface area contributed by atoms with Crippen molar-refractivity contribution in [2.75, 3.05) is 0 Å². The minimum absolute atomic E-state index is 0.789. The predicted molar refractivity (Wildman–Crippen MR) is 67.2 cm³/mol. The second-order valence-electron chi connectivity index (χ2n) is 4.53. The van der Waals surface area contributed by atoms with E-state index in [1.165, 1.54) is 25.7 Å². The Hall–Kier alpha value is -0.900. The lowest BCUT2D eigenvalue weighted by molar-refractivity contribution is 0.429. The van der Waals surface area contributed by atoms with Gasteiger partial charge in [-0.15, -0.1) is 5.10 Å². The van der Waals surface area contributed by atoms with E-state index in [0.717, 1.165) is 28.0 Å². The van der Waals surface area contributed by atoms with Crippen molar-refractivity contribution in [2.24, 2.45) is 5.92 Å². The van der Waals surface area contributed by atoms with Gasteiger partial charge in [-0.05, 0) is 46.8 Å². The van der Waals surface area contributed by atoms with Crippen LogP contribution in [0.15, 0.2) is 22.7 Å². The van der Waals surface area contributed by atoms with Gasteiger partial charge in [0.05, 0.1) is 0 Å². The lowest BCUT2D eigenvalue weighted by Gasteiger charge is -2.09. The van der Waals surface area contributed by atoms with Gasteiger partial charge in [-0.25, -0.2) is 4.68 Å². The molecule has 3 nitrogen and oxygen atoms in total. The normalized spacial score (nSPS) is 17.3. The SMILES string of the molecule is Brc1cccc2nnn(CC3CCCC3)c12. The molecule has 1 fully saturated rings. The van der Waals surface area contributed by atoms with E-state index < -0.39 is 0 Å². The first-order valence-corrected chi connectivity index (χ1v) is 6.61. The Morgan fingerprint density at radius 1 is 1.31 bits per heavy atom. The fraction of sp³-hybridized carbons (Fsp3) is 0.500. The minimum atomic E-state index is 0.789. The van der Waals surface area contributed by atoms with E-state index in [-0.39, 0.29) is 0 Å². The van der Waals surface area contributed by atoms with Gasteiger partial charge in [-0.1, -0.05) is 24.1 Å². The summed E-state index contributed by atoms with van der Waals surface area (Å²) in [7, 11) is 0. The quantitative estimate of drug-likeness (QED) is 0.844. The van der Waals surface area contributed by atoms with Crippen LogP contribution in [0, 0.1) is 5.92 Å². The molecule has 1 saturated carbocycles. The molecule has 1 aromatic carbocycles. The number of fused-ring (bicyclic) bond motifs is 1. The lowest BCUT2D eigenvalue weighted by Crippen LogP contribution is -2.09. The van der Waals surface area contributed by atoms with Crippen molar-refractivity contribution in [1.29, 1.82) is 0 Å². The van der Waals surface area contributed by atoms with Gasteiger partial charge in [0.2, 0.25) is 0 Å². The molecule has 0 saturated heterocycles. The molecule has 0 radical (unpaired) electrons. The number of benzene rings is 1. The third-order valence-electron chi connectivity index (χ3n) is 3.39. The van der Waals surface area contributed by atoms with E-state index >= 15 is 0 Å². The minimum Gasteiger partial charge on any atom is -0.243 e. The van der Waals surface area contributed by atoms with E-state index in [9.17, 15) is 0 Å². The van der Waals surface area contributed by atoms with Crippen LogP contribution in [-0.4, -0.2) is 15.0 Å². The monoisotopic (exact) mass is 279 g/mol. The van der Waals surface area contributed by atoms with Gasteiger partial charge in [0.25, 0.3) is 0 Å². The summed E-state index contributed by atoms with van der Waals surface area (Å²) in [5, 5.41) is 8.46. The maximum atomic E-state index is 4.26. The van der Waals surface area contributed by atoms with Crippen LogP contribution in [0.3, 0.4) is 0 Å². The number of halogens is 1. The summed E-state index contributed by atoms with van der Waals surface area (Å²) in [6.07, 6.45) is 5.43. The van der Waals surface area contributed by atoms with Crippen molar-refractivity contribution in [3.05, 3.63) is 22.7 Å². The van der Waals surface area contributed by atoms with Gasteiger partial charge in [0.15, 0.2) is 0 Å². The maximum Gasteiger partial charge on any atom is 0.114 e. The number of aromatic nitrogens is 3. The number of nitrogens with zero attached hydrogens (tertiary/aromatic N) is 3. The highest BCUT2D eigenvalue weighted by atomic mass is 79.9. The van der Waals surface area contributed by atoms with Crippen LogP contribution in [0.2, 0.25) is 0 Å². The fourth-order valence-corrected chi connectivity index (χ4v) is 3.11. The molecule has 0 amide bonds. The van der Waals surface area contributed by atoms with Crippen molar-refractivity contribution in [2.45, 2.75) is 32.2 Å². The van der Waals surface area contributed by atoms with Crippen molar-refractivity contribution >= 4 is 27.0 Å². The summed E-state index contributed by atoms with van der Waals surface area (Å²) in [6.45, 7) is 1.01. The number of hydrogen-bond donors (Lipinski definition) is 0. The van der Waals surface area contributed by atoms with Gasteiger partial charge in [-0.2, -0.15) is 0 Å². The summed E-state index contributed by atoms with van der Waals surface area (Å²) in [5.74, 6) is 0.789. The highest BCUT2D eigenvalue weighted by molar-refractivity contribution is 9.10. The van der Waals surface area contributed by atoms with Crippen LogP contribution in [-0.2, 0) is 6.54 Å². The Morgan fingerprint density at radius 2 is 2.12 bits per heavy atom. The molecule has 1 aliphatic rings.